The summed E-state index contributed by atoms with van der Waals surface area (Å²) in [5.41, 5.74) is 3.30. The van der Waals surface area contributed by atoms with E-state index in [1.54, 1.807) is 0 Å². The molecule has 1 aliphatic rings. The molecule has 1 saturated carbocycles. The Bertz CT molecular complexity index is 418. The Kier molecular flexibility index (Phi) is 5.72. The van der Waals surface area contributed by atoms with Crippen LogP contribution in [0.1, 0.15) is 71.8 Å². The van der Waals surface area contributed by atoms with Gasteiger partial charge in [-0.1, -0.05) is 52.7 Å². The summed E-state index contributed by atoms with van der Waals surface area (Å²) in [6, 6.07) is 9.79. The van der Waals surface area contributed by atoms with E-state index in [0.29, 0.717) is 11.5 Å². The van der Waals surface area contributed by atoms with E-state index in [-0.39, 0.29) is 0 Å². The van der Waals surface area contributed by atoms with Crippen LogP contribution in [0, 0.1) is 11.3 Å². The summed E-state index contributed by atoms with van der Waals surface area (Å²) >= 11 is 0. The van der Waals surface area contributed by atoms with E-state index in [4.69, 9.17) is 0 Å². The highest BCUT2D eigenvalue weighted by Gasteiger charge is 2.32. The van der Waals surface area contributed by atoms with Gasteiger partial charge in [-0.15, -0.1) is 0 Å². The van der Waals surface area contributed by atoms with Gasteiger partial charge in [-0.05, 0) is 61.1 Å². The summed E-state index contributed by atoms with van der Waals surface area (Å²) in [5.74, 6) is 0.762. The zero-order valence-corrected chi connectivity index (χ0v) is 14.4. The molecule has 0 amide bonds. The molecule has 1 aliphatic carbocycles. The van der Waals surface area contributed by atoms with Gasteiger partial charge in [-0.2, -0.15) is 0 Å². The summed E-state index contributed by atoms with van der Waals surface area (Å²) in [7, 11) is 0. The second-order valence-electron chi connectivity index (χ2n) is 7.79. The Morgan fingerprint density at radius 1 is 1.14 bits per heavy atom. The van der Waals surface area contributed by atoms with Gasteiger partial charge in [0.25, 0.3) is 0 Å². The van der Waals surface area contributed by atoms with E-state index in [1.165, 1.54) is 56.2 Å². The van der Waals surface area contributed by atoms with Crippen molar-refractivity contribution in [1.82, 2.24) is 0 Å². The lowest BCUT2D eigenvalue weighted by Gasteiger charge is -2.40. The first-order valence-corrected chi connectivity index (χ1v) is 8.85. The van der Waals surface area contributed by atoms with Gasteiger partial charge in [-0.3, -0.25) is 0 Å². The number of rotatable bonds is 6. The Hall–Kier alpha value is -0.980. The van der Waals surface area contributed by atoms with Crippen LogP contribution in [0.15, 0.2) is 24.3 Å². The lowest BCUT2D eigenvalue weighted by molar-refractivity contribution is 0.177. The minimum Gasteiger partial charge on any atom is -0.382 e. The third-order valence-corrected chi connectivity index (χ3v) is 5.07. The topological polar surface area (TPSA) is 12.0 Å². The number of benzene rings is 1. The maximum Gasteiger partial charge on any atom is 0.0342 e. The van der Waals surface area contributed by atoms with Crippen LogP contribution in [-0.4, -0.2) is 6.04 Å². The van der Waals surface area contributed by atoms with Gasteiger partial charge >= 0.3 is 0 Å². The highest BCUT2D eigenvalue weighted by atomic mass is 14.9. The normalized spacial score (nSPS) is 24.8. The molecule has 0 radical (unpaired) electrons. The van der Waals surface area contributed by atoms with Crippen molar-refractivity contribution in [2.45, 2.75) is 78.7 Å². The molecule has 2 unspecified atom stereocenters. The Morgan fingerprint density at radius 2 is 1.86 bits per heavy atom. The summed E-state index contributed by atoms with van der Waals surface area (Å²) in [6.07, 6.45) is 9.15. The predicted molar refractivity (Wildman–Crippen MR) is 93.9 cm³/mol. The number of nitrogens with one attached hydrogen (secondary N) is 1. The van der Waals surface area contributed by atoms with Gasteiger partial charge in [0.05, 0.1) is 0 Å². The molecule has 1 fully saturated rings. The molecule has 1 aromatic carbocycles. The van der Waals surface area contributed by atoms with Crippen molar-refractivity contribution in [2.75, 3.05) is 5.32 Å². The monoisotopic (exact) mass is 287 g/mol. The third kappa shape index (κ3) is 5.05. The highest BCUT2D eigenvalue weighted by Crippen LogP contribution is 2.39. The number of hydrogen-bond acceptors (Lipinski definition) is 1. The molecule has 0 aromatic heterocycles. The lowest BCUT2D eigenvalue weighted by atomic mass is 9.70. The van der Waals surface area contributed by atoms with Crippen molar-refractivity contribution in [1.29, 1.82) is 0 Å². The highest BCUT2D eigenvalue weighted by molar-refractivity contribution is 5.45. The average Bonchev–Trinajstić information content (AvgIpc) is 2.43. The molecule has 21 heavy (non-hydrogen) atoms. The van der Waals surface area contributed by atoms with Gasteiger partial charge in [0.15, 0.2) is 0 Å². The van der Waals surface area contributed by atoms with Crippen molar-refractivity contribution in [3.63, 3.8) is 0 Å². The largest absolute Gasteiger partial charge is 0.382 e. The van der Waals surface area contributed by atoms with Gasteiger partial charge in [0.2, 0.25) is 0 Å². The molecule has 1 nitrogen and oxygen atoms in total. The van der Waals surface area contributed by atoms with E-state index in [2.05, 4.69) is 57.3 Å². The summed E-state index contributed by atoms with van der Waals surface area (Å²) in [5, 5.41) is 3.76. The first-order chi connectivity index (χ1) is 10.00. The maximum absolute atomic E-state index is 3.76. The number of aryl methyl sites for hydroxylation is 1. The first-order valence-electron chi connectivity index (χ1n) is 8.85. The molecule has 0 heterocycles. The van der Waals surface area contributed by atoms with Crippen LogP contribution in [-0.2, 0) is 6.42 Å². The minimum atomic E-state index is 0.529. The quantitative estimate of drug-likeness (QED) is 0.628. The molecular weight excluding hydrogens is 254 g/mol. The molecule has 1 heteroatoms. The van der Waals surface area contributed by atoms with E-state index in [9.17, 15) is 0 Å². The molecular formula is C20H33N. The fraction of sp³-hybridized carbons (Fsp3) is 0.700. The van der Waals surface area contributed by atoms with E-state index in [1.807, 2.05) is 0 Å². The second kappa shape index (κ2) is 7.33. The van der Waals surface area contributed by atoms with Crippen LogP contribution in [0.3, 0.4) is 0 Å². The molecule has 0 spiro atoms. The maximum atomic E-state index is 3.76. The first kappa shape index (κ1) is 16.4. The van der Waals surface area contributed by atoms with E-state index in [0.717, 1.165) is 5.92 Å². The van der Waals surface area contributed by atoms with Crippen molar-refractivity contribution in [3.8, 4) is 0 Å². The third-order valence-electron chi connectivity index (χ3n) is 5.07. The van der Waals surface area contributed by atoms with Crippen LogP contribution < -0.4 is 5.32 Å². The van der Waals surface area contributed by atoms with Gasteiger partial charge < -0.3 is 5.32 Å². The average molecular weight is 287 g/mol. The SMILES string of the molecule is CCCCCc1ccc(NC2CCC(C)(C)CC2C)cc1. The number of anilines is 1. The van der Waals surface area contributed by atoms with Gasteiger partial charge in [-0.25, -0.2) is 0 Å². The Balaban J connectivity index is 1.86. The number of hydrogen-bond donors (Lipinski definition) is 1. The summed E-state index contributed by atoms with van der Waals surface area (Å²) in [6.45, 7) is 9.48. The smallest absolute Gasteiger partial charge is 0.0342 e. The van der Waals surface area contributed by atoms with Gasteiger partial charge in [0, 0.05) is 11.7 Å². The van der Waals surface area contributed by atoms with Crippen molar-refractivity contribution in [3.05, 3.63) is 29.8 Å². The second-order valence-corrected chi connectivity index (χ2v) is 7.79. The van der Waals surface area contributed by atoms with Gasteiger partial charge in [0.1, 0.15) is 0 Å². The van der Waals surface area contributed by atoms with Crippen molar-refractivity contribution < 1.29 is 0 Å². The fourth-order valence-corrected chi connectivity index (χ4v) is 3.72. The molecule has 1 N–H and O–H groups in total. The molecule has 2 rings (SSSR count). The van der Waals surface area contributed by atoms with Crippen LogP contribution in [0.2, 0.25) is 0 Å². The standard InChI is InChI=1S/C20H33N/c1-5-6-7-8-17-9-11-18(12-10-17)21-19-13-14-20(3,4)15-16(19)2/h9-12,16,19,21H,5-8,13-15H2,1-4H3. The Labute approximate surface area is 131 Å². The molecule has 0 bridgehead atoms. The molecule has 0 saturated heterocycles. The molecule has 0 aliphatic heterocycles. The summed E-state index contributed by atoms with van der Waals surface area (Å²) in [4.78, 5) is 0. The van der Waals surface area contributed by atoms with Crippen molar-refractivity contribution in [2.24, 2.45) is 11.3 Å². The molecule has 1 aromatic rings. The Morgan fingerprint density at radius 3 is 2.48 bits per heavy atom. The fourth-order valence-electron chi connectivity index (χ4n) is 3.72. The van der Waals surface area contributed by atoms with E-state index < -0.39 is 0 Å². The minimum absolute atomic E-state index is 0.529. The van der Waals surface area contributed by atoms with Crippen molar-refractivity contribution >= 4 is 5.69 Å². The van der Waals surface area contributed by atoms with E-state index >= 15 is 0 Å². The number of unbranched alkanes of at least 4 members (excludes halogenated alkanes) is 2. The molecule has 2 atom stereocenters. The van der Waals surface area contributed by atoms with Crippen LogP contribution in [0.5, 0.6) is 0 Å². The summed E-state index contributed by atoms with van der Waals surface area (Å²) < 4.78 is 0. The van der Waals surface area contributed by atoms with Crippen LogP contribution >= 0.6 is 0 Å². The van der Waals surface area contributed by atoms with Crippen LogP contribution in [0.4, 0.5) is 5.69 Å². The van der Waals surface area contributed by atoms with Crippen LogP contribution in [0.25, 0.3) is 0 Å². The zero-order chi connectivity index (χ0) is 15.3. The lowest BCUT2D eigenvalue weighted by Crippen LogP contribution is -2.36. The predicted octanol–water partition coefficient (Wildman–Crippen LogP) is 6.05. The molecule has 118 valence electrons. The zero-order valence-electron chi connectivity index (χ0n) is 14.4.